The van der Waals surface area contributed by atoms with Crippen LogP contribution in [-0.4, -0.2) is 8.42 Å². The van der Waals surface area contributed by atoms with Gasteiger partial charge >= 0.3 is 0 Å². The molecule has 0 aliphatic heterocycles. The average Bonchev–Trinajstić information content (AvgIpc) is 2.54. The van der Waals surface area contributed by atoms with E-state index in [9.17, 15) is 12.8 Å². The van der Waals surface area contributed by atoms with Crippen LogP contribution in [0.1, 0.15) is 29.2 Å². The van der Waals surface area contributed by atoms with Gasteiger partial charge in [0.2, 0.25) is 0 Å². The third-order valence-corrected chi connectivity index (χ3v) is 3.47. The second-order valence-electron chi connectivity index (χ2n) is 4.01. The summed E-state index contributed by atoms with van der Waals surface area (Å²) in [5.74, 6) is -0.278. The zero-order chi connectivity index (χ0) is 11.9. The molecule has 0 unspecified atom stereocenters. The van der Waals surface area contributed by atoms with Gasteiger partial charge in [0.15, 0.2) is 0 Å². The van der Waals surface area contributed by atoms with Crippen molar-refractivity contribution in [2.45, 2.75) is 25.8 Å². The molecule has 4 nitrogen and oxygen atoms in total. The van der Waals surface area contributed by atoms with Gasteiger partial charge in [-0.15, -0.1) is 0 Å². The molecule has 0 saturated carbocycles. The van der Waals surface area contributed by atoms with E-state index in [1.807, 2.05) is 6.92 Å². The third kappa shape index (κ3) is 2.09. The van der Waals surface area contributed by atoms with Crippen LogP contribution in [0.3, 0.4) is 0 Å². The van der Waals surface area contributed by atoms with Gasteiger partial charge in [-0.05, 0) is 42.5 Å². The summed E-state index contributed by atoms with van der Waals surface area (Å²) in [6, 6.07) is 2.66. The van der Waals surface area contributed by atoms with E-state index < -0.39 is 16.3 Å². The quantitative estimate of drug-likeness (QED) is 0.811. The number of nitrogens with one attached hydrogen (secondary N) is 1. The molecule has 88 valence electrons. The van der Waals surface area contributed by atoms with Crippen LogP contribution in [0.5, 0.6) is 0 Å². The van der Waals surface area contributed by atoms with Crippen molar-refractivity contribution in [1.29, 1.82) is 0 Å². The Morgan fingerprint density at radius 1 is 1.50 bits per heavy atom. The lowest BCUT2D eigenvalue weighted by molar-refractivity contribution is 0.555. The lowest BCUT2D eigenvalue weighted by Crippen LogP contribution is -2.33. The van der Waals surface area contributed by atoms with Gasteiger partial charge in [-0.2, -0.15) is 13.1 Å². The fraction of sp³-hybridized carbons (Fsp3) is 0.400. The Hall–Kier alpha value is -0.980. The third-order valence-electron chi connectivity index (χ3n) is 2.86. The van der Waals surface area contributed by atoms with Crippen molar-refractivity contribution in [2.75, 3.05) is 0 Å². The topological polar surface area (TPSA) is 72.2 Å². The van der Waals surface area contributed by atoms with E-state index in [-0.39, 0.29) is 5.82 Å². The van der Waals surface area contributed by atoms with Crippen molar-refractivity contribution in [3.05, 3.63) is 34.6 Å². The summed E-state index contributed by atoms with van der Waals surface area (Å²) in [6.45, 7) is 1.83. The highest BCUT2D eigenvalue weighted by molar-refractivity contribution is 7.87. The first-order valence-corrected chi connectivity index (χ1v) is 6.51. The summed E-state index contributed by atoms with van der Waals surface area (Å²) >= 11 is 0. The Kier molecular flexibility index (Phi) is 2.73. The Balaban J connectivity index is 2.43. The molecule has 0 bridgehead atoms. The average molecular weight is 244 g/mol. The monoisotopic (exact) mass is 244 g/mol. The molecular formula is C10H13FN2O2S. The molecular weight excluding hydrogens is 231 g/mol. The molecule has 0 saturated heterocycles. The summed E-state index contributed by atoms with van der Waals surface area (Å²) in [6.07, 6.45) is 1.09. The molecule has 2 rings (SSSR count). The molecule has 0 aromatic heterocycles. The van der Waals surface area contributed by atoms with E-state index in [0.717, 1.165) is 11.1 Å². The Morgan fingerprint density at radius 3 is 2.81 bits per heavy atom. The lowest BCUT2D eigenvalue weighted by Gasteiger charge is -2.14. The minimum absolute atomic E-state index is 0.278. The summed E-state index contributed by atoms with van der Waals surface area (Å²) in [5.41, 5.74) is 2.21. The first kappa shape index (κ1) is 11.5. The number of aryl methyl sites for hydroxylation is 1. The summed E-state index contributed by atoms with van der Waals surface area (Å²) in [4.78, 5) is 0. The highest BCUT2D eigenvalue weighted by Gasteiger charge is 2.28. The second-order valence-corrected chi connectivity index (χ2v) is 5.34. The smallest absolute Gasteiger partial charge is 0.216 e. The Morgan fingerprint density at radius 2 is 2.19 bits per heavy atom. The van der Waals surface area contributed by atoms with Crippen LogP contribution in [-0.2, 0) is 16.6 Å². The van der Waals surface area contributed by atoms with Gasteiger partial charge < -0.3 is 0 Å². The van der Waals surface area contributed by atoms with Gasteiger partial charge in [-0.25, -0.2) is 9.53 Å². The minimum atomic E-state index is -3.75. The molecule has 0 spiro atoms. The van der Waals surface area contributed by atoms with E-state index in [2.05, 4.69) is 4.72 Å². The van der Waals surface area contributed by atoms with E-state index >= 15 is 0 Å². The molecule has 1 aromatic rings. The van der Waals surface area contributed by atoms with Crippen LogP contribution in [0.25, 0.3) is 0 Å². The van der Waals surface area contributed by atoms with Crippen molar-refractivity contribution >= 4 is 10.2 Å². The van der Waals surface area contributed by atoms with Crippen LogP contribution in [0.4, 0.5) is 4.39 Å². The SMILES string of the molecule is Cc1ccc(F)c2c1[C@H](NS(N)(=O)=O)CC2. The standard InChI is InChI=1S/C10H13FN2O2S/c1-6-2-4-8(11)7-3-5-9(10(6)7)13-16(12,14)15/h2,4,9,13H,3,5H2,1H3,(H2,12,14,15)/t9-/m1/s1. The Labute approximate surface area is 93.8 Å². The number of nitrogens with two attached hydrogens (primary N) is 1. The fourth-order valence-electron chi connectivity index (χ4n) is 2.24. The molecule has 16 heavy (non-hydrogen) atoms. The number of hydrogen-bond donors (Lipinski definition) is 2. The number of rotatable bonds is 2. The van der Waals surface area contributed by atoms with Gasteiger partial charge in [0.05, 0.1) is 0 Å². The summed E-state index contributed by atoms with van der Waals surface area (Å²) in [5, 5.41) is 4.93. The molecule has 3 N–H and O–H groups in total. The van der Waals surface area contributed by atoms with E-state index in [1.54, 1.807) is 6.07 Å². The zero-order valence-electron chi connectivity index (χ0n) is 8.83. The number of hydrogen-bond acceptors (Lipinski definition) is 2. The number of halogens is 1. The van der Waals surface area contributed by atoms with Crippen LogP contribution < -0.4 is 9.86 Å². The first-order chi connectivity index (χ1) is 7.38. The molecule has 1 aliphatic rings. The largest absolute Gasteiger partial charge is 0.274 e. The van der Waals surface area contributed by atoms with E-state index in [4.69, 9.17) is 5.14 Å². The van der Waals surface area contributed by atoms with Crippen molar-refractivity contribution in [3.8, 4) is 0 Å². The van der Waals surface area contributed by atoms with Gasteiger partial charge in [0, 0.05) is 6.04 Å². The van der Waals surface area contributed by atoms with Gasteiger partial charge in [-0.3, -0.25) is 0 Å². The normalized spacial score (nSPS) is 19.8. The van der Waals surface area contributed by atoms with Crippen molar-refractivity contribution in [1.82, 2.24) is 4.72 Å². The molecule has 0 radical (unpaired) electrons. The highest BCUT2D eigenvalue weighted by atomic mass is 32.2. The summed E-state index contributed by atoms with van der Waals surface area (Å²) < 4.78 is 37.7. The van der Waals surface area contributed by atoms with Crippen LogP contribution >= 0.6 is 0 Å². The first-order valence-electron chi connectivity index (χ1n) is 4.96. The van der Waals surface area contributed by atoms with Gasteiger partial charge in [0.1, 0.15) is 5.82 Å². The predicted octanol–water partition coefficient (Wildman–Crippen LogP) is 0.915. The second kappa shape index (κ2) is 3.80. The van der Waals surface area contributed by atoms with Crippen molar-refractivity contribution in [3.63, 3.8) is 0 Å². The van der Waals surface area contributed by atoms with Crippen LogP contribution in [0.2, 0.25) is 0 Å². The maximum atomic E-state index is 13.5. The van der Waals surface area contributed by atoms with Crippen LogP contribution in [0, 0.1) is 12.7 Å². The number of benzene rings is 1. The van der Waals surface area contributed by atoms with Crippen molar-refractivity contribution in [2.24, 2.45) is 5.14 Å². The molecule has 1 aliphatic carbocycles. The van der Waals surface area contributed by atoms with Gasteiger partial charge in [-0.1, -0.05) is 6.07 Å². The molecule has 1 aromatic carbocycles. The molecule has 1 atom stereocenters. The summed E-state index contributed by atoms with van der Waals surface area (Å²) in [7, 11) is -3.75. The maximum Gasteiger partial charge on any atom is 0.274 e. The molecule has 0 heterocycles. The minimum Gasteiger partial charge on any atom is -0.216 e. The molecule has 0 amide bonds. The lowest BCUT2D eigenvalue weighted by atomic mass is 10.0. The van der Waals surface area contributed by atoms with Gasteiger partial charge in [0.25, 0.3) is 10.2 Å². The predicted molar refractivity (Wildman–Crippen MR) is 58.4 cm³/mol. The Bertz CT molecular complexity index is 528. The highest BCUT2D eigenvalue weighted by Crippen LogP contribution is 2.35. The maximum absolute atomic E-state index is 13.5. The van der Waals surface area contributed by atoms with Crippen molar-refractivity contribution < 1.29 is 12.8 Å². The zero-order valence-corrected chi connectivity index (χ0v) is 9.64. The van der Waals surface area contributed by atoms with Crippen LogP contribution in [0.15, 0.2) is 12.1 Å². The fourth-order valence-corrected chi connectivity index (χ4v) is 2.88. The molecule has 0 fully saturated rings. The molecule has 6 heteroatoms. The van der Waals surface area contributed by atoms with E-state index in [0.29, 0.717) is 18.4 Å². The van der Waals surface area contributed by atoms with E-state index in [1.165, 1.54) is 6.07 Å². The number of fused-ring (bicyclic) bond motifs is 1.